The highest BCUT2D eigenvalue weighted by atomic mass is 127. The van der Waals surface area contributed by atoms with E-state index in [0.29, 0.717) is 11.9 Å². The summed E-state index contributed by atoms with van der Waals surface area (Å²) < 4.78 is 5.30. The van der Waals surface area contributed by atoms with E-state index < -0.39 is 0 Å². The van der Waals surface area contributed by atoms with E-state index in [0.717, 1.165) is 36.7 Å². The van der Waals surface area contributed by atoms with Crippen LogP contribution in [-0.4, -0.2) is 60.3 Å². The first-order valence-electron chi connectivity index (χ1n) is 10.8. The Morgan fingerprint density at radius 3 is 2.53 bits per heavy atom. The summed E-state index contributed by atoms with van der Waals surface area (Å²) >= 11 is 0. The topological polar surface area (TPSA) is 78.6 Å². The second-order valence-corrected chi connectivity index (χ2v) is 7.58. The first kappa shape index (κ1) is 24.6. The van der Waals surface area contributed by atoms with Crippen LogP contribution in [0, 0.1) is 0 Å². The van der Waals surface area contributed by atoms with Crippen molar-refractivity contribution in [3.05, 3.63) is 35.7 Å². The molecule has 0 saturated carbocycles. The molecule has 1 aliphatic rings. The SMILES string of the molecule is CCCN1CCC(NC(=NC)NCCc2ccc(-c3nc(CC)no3)cc2)CC1.I. The summed E-state index contributed by atoms with van der Waals surface area (Å²) in [6.07, 6.45) is 5.30. The molecule has 7 nitrogen and oxygen atoms in total. The number of aromatic nitrogens is 2. The van der Waals surface area contributed by atoms with Crippen molar-refractivity contribution in [3.63, 3.8) is 0 Å². The van der Waals surface area contributed by atoms with Crippen molar-refractivity contribution in [1.82, 2.24) is 25.7 Å². The summed E-state index contributed by atoms with van der Waals surface area (Å²) in [6, 6.07) is 8.83. The number of likely N-dealkylation sites (tertiary alicyclic amines) is 1. The third-order valence-electron chi connectivity index (χ3n) is 5.38. The van der Waals surface area contributed by atoms with Crippen LogP contribution in [0.5, 0.6) is 0 Å². The molecule has 30 heavy (non-hydrogen) atoms. The summed E-state index contributed by atoms with van der Waals surface area (Å²) in [5.74, 6) is 2.22. The largest absolute Gasteiger partial charge is 0.356 e. The van der Waals surface area contributed by atoms with Gasteiger partial charge in [-0.25, -0.2) is 0 Å². The van der Waals surface area contributed by atoms with Gasteiger partial charge in [0.2, 0.25) is 0 Å². The predicted molar refractivity (Wildman–Crippen MR) is 132 cm³/mol. The third kappa shape index (κ3) is 7.23. The number of rotatable bonds is 8. The Hall–Kier alpha value is -1.68. The zero-order chi connectivity index (χ0) is 20.5. The lowest BCUT2D eigenvalue weighted by atomic mass is 10.1. The molecule has 2 heterocycles. The molecule has 1 saturated heterocycles. The number of hydrogen-bond acceptors (Lipinski definition) is 5. The molecule has 0 unspecified atom stereocenters. The Bertz CT molecular complexity index is 768. The first-order chi connectivity index (χ1) is 14.2. The van der Waals surface area contributed by atoms with Gasteiger partial charge in [-0.3, -0.25) is 4.99 Å². The van der Waals surface area contributed by atoms with Crippen molar-refractivity contribution in [1.29, 1.82) is 0 Å². The molecule has 8 heteroatoms. The van der Waals surface area contributed by atoms with Crippen LogP contribution in [0.4, 0.5) is 0 Å². The fraction of sp³-hybridized carbons (Fsp3) is 0.591. The fourth-order valence-electron chi connectivity index (χ4n) is 3.66. The summed E-state index contributed by atoms with van der Waals surface area (Å²) in [5.41, 5.74) is 2.22. The van der Waals surface area contributed by atoms with E-state index in [4.69, 9.17) is 4.52 Å². The maximum atomic E-state index is 5.30. The summed E-state index contributed by atoms with van der Waals surface area (Å²) in [7, 11) is 1.84. The van der Waals surface area contributed by atoms with E-state index in [1.165, 1.54) is 44.5 Å². The van der Waals surface area contributed by atoms with Gasteiger partial charge in [0, 0.05) is 44.7 Å². The van der Waals surface area contributed by atoms with Gasteiger partial charge in [0.15, 0.2) is 11.8 Å². The minimum absolute atomic E-state index is 0. The van der Waals surface area contributed by atoms with Gasteiger partial charge in [0.05, 0.1) is 0 Å². The second-order valence-electron chi connectivity index (χ2n) is 7.58. The minimum atomic E-state index is 0. The molecular formula is C22H35IN6O. The van der Waals surface area contributed by atoms with Gasteiger partial charge >= 0.3 is 0 Å². The predicted octanol–water partition coefficient (Wildman–Crippen LogP) is 3.50. The zero-order valence-electron chi connectivity index (χ0n) is 18.4. The Kier molecular flexibility index (Phi) is 10.6. The lowest BCUT2D eigenvalue weighted by Crippen LogP contribution is -2.49. The zero-order valence-corrected chi connectivity index (χ0v) is 20.7. The first-order valence-corrected chi connectivity index (χ1v) is 10.8. The van der Waals surface area contributed by atoms with Gasteiger partial charge in [-0.1, -0.05) is 31.1 Å². The van der Waals surface area contributed by atoms with Gasteiger partial charge in [-0.15, -0.1) is 24.0 Å². The highest BCUT2D eigenvalue weighted by molar-refractivity contribution is 14.0. The molecule has 1 aliphatic heterocycles. The molecule has 1 aromatic heterocycles. The second kappa shape index (κ2) is 12.9. The molecule has 0 amide bonds. The molecule has 0 aliphatic carbocycles. The summed E-state index contributed by atoms with van der Waals surface area (Å²) in [6.45, 7) is 8.67. The number of hydrogen-bond donors (Lipinski definition) is 2. The van der Waals surface area contributed by atoms with E-state index in [2.05, 4.69) is 49.7 Å². The van der Waals surface area contributed by atoms with E-state index in [-0.39, 0.29) is 24.0 Å². The number of aliphatic imine (C=N–C) groups is 1. The highest BCUT2D eigenvalue weighted by Crippen LogP contribution is 2.18. The Labute approximate surface area is 197 Å². The van der Waals surface area contributed by atoms with Gasteiger partial charge in [0.25, 0.3) is 5.89 Å². The molecule has 3 rings (SSSR count). The van der Waals surface area contributed by atoms with Crippen molar-refractivity contribution >= 4 is 29.9 Å². The average molecular weight is 526 g/mol. The molecule has 0 atom stereocenters. The molecule has 0 spiro atoms. The Balaban J connectivity index is 0.00000320. The lowest BCUT2D eigenvalue weighted by molar-refractivity contribution is 0.206. The van der Waals surface area contributed by atoms with Crippen molar-refractivity contribution in [2.75, 3.05) is 33.2 Å². The molecule has 1 fully saturated rings. The van der Waals surface area contributed by atoms with Crippen LogP contribution < -0.4 is 10.6 Å². The molecule has 0 bridgehead atoms. The highest BCUT2D eigenvalue weighted by Gasteiger charge is 2.19. The molecular weight excluding hydrogens is 491 g/mol. The molecule has 2 N–H and O–H groups in total. The smallest absolute Gasteiger partial charge is 0.257 e. The van der Waals surface area contributed by atoms with Crippen molar-refractivity contribution in [2.24, 2.45) is 4.99 Å². The van der Waals surface area contributed by atoms with Gasteiger partial charge in [0.1, 0.15) is 0 Å². The van der Waals surface area contributed by atoms with Crippen LogP contribution in [0.2, 0.25) is 0 Å². The number of aryl methyl sites for hydroxylation is 1. The van der Waals surface area contributed by atoms with E-state index in [1.807, 2.05) is 26.1 Å². The fourth-order valence-corrected chi connectivity index (χ4v) is 3.66. The Morgan fingerprint density at radius 2 is 1.93 bits per heavy atom. The van der Waals surface area contributed by atoms with Crippen LogP contribution in [0.15, 0.2) is 33.8 Å². The normalized spacial score (nSPS) is 15.6. The molecule has 166 valence electrons. The molecule has 1 aromatic carbocycles. The number of piperidine rings is 1. The van der Waals surface area contributed by atoms with E-state index in [1.54, 1.807) is 0 Å². The molecule has 2 aromatic rings. The van der Waals surface area contributed by atoms with E-state index in [9.17, 15) is 0 Å². The number of benzene rings is 1. The minimum Gasteiger partial charge on any atom is -0.356 e. The summed E-state index contributed by atoms with van der Waals surface area (Å²) in [4.78, 5) is 11.3. The quantitative estimate of drug-likeness (QED) is 0.312. The number of nitrogens with one attached hydrogen (secondary N) is 2. The van der Waals surface area contributed by atoms with Crippen LogP contribution >= 0.6 is 24.0 Å². The maximum Gasteiger partial charge on any atom is 0.257 e. The van der Waals surface area contributed by atoms with Crippen molar-refractivity contribution in [3.8, 4) is 11.5 Å². The van der Waals surface area contributed by atoms with Crippen LogP contribution in [0.1, 0.15) is 44.5 Å². The van der Waals surface area contributed by atoms with Gasteiger partial charge in [-0.2, -0.15) is 4.98 Å². The molecule has 0 radical (unpaired) electrons. The van der Waals surface area contributed by atoms with E-state index >= 15 is 0 Å². The third-order valence-corrected chi connectivity index (χ3v) is 5.38. The van der Waals surface area contributed by atoms with Gasteiger partial charge in [-0.05, 0) is 49.9 Å². The van der Waals surface area contributed by atoms with Crippen LogP contribution in [0.3, 0.4) is 0 Å². The van der Waals surface area contributed by atoms with Crippen molar-refractivity contribution < 1.29 is 4.52 Å². The maximum absolute atomic E-state index is 5.30. The van der Waals surface area contributed by atoms with Gasteiger partial charge < -0.3 is 20.1 Å². The standard InChI is InChI=1S/C22H34N6O.HI/c1-4-14-28-15-11-19(12-16-28)25-22(23-3)24-13-10-17-6-8-18(9-7-17)21-26-20(5-2)27-29-21;/h6-9,19H,4-5,10-16H2,1-3H3,(H2,23,24,25);1H. The number of guanidine groups is 1. The lowest BCUT2D eigenvalue weighted by Gasteiger charge is -2.32. The number of nitrogens with zero attached hydrogens (tertiary/aromatic N) is 4. The average Bonchev–Trinajstić information content (AvgIpc) is 3.24. The van der Waals surface area contributed by atoms with Crippen molar-refractivity contribution in [2.45, 2.75) is 52.0 Å². The monoisotopic (exact) mass is 526 g/mol. The van der Waals surface area contributed by atoms with Crippen LogP contribution in [0.25, 0.3) is 11.5 Å². The van der Waals surface area contributed by atoms with Crippen LogP contribution in [-0.2, 0) is 12.8 Å². The Morgan fingerprint density at radius 1 is 1.20 bits per heavy atom. The number of halogens is 1. The summed E-state index contributed by atoms with van der Waals surface area (Å²) in [5, 5.41) is 11.0.